The van der Waals surface area contributed by atoms with E-state index in [2.05, 4.69) is 20.8 Å². The molecule has 0 aliphatic heterocycles. The first-order chi connectivity index (χ1) is 10.5. The Bertz CT molecular complexity index is 355. The van der Waals surface area contributed by atoms with Crippen molar-refractivity contribution in [2.24, 2.45) is 0 Å². The minimum Gasteiger partial charge on any atom is -0.465 e. The van der Waals surface area contributed by atoms with Crippen LogP contribution in [0.4, 0.5) is 0 Å². The summed E-state index contributed by atoms with van der Waals surface area (Å²) in [7, 11) is 2.69. The molecule has 0 spiro atoms. The molecule has 0 atom stereocenters. The second kappa shape index (κ2) is 11.8. The van der Waals surface area contributed by atoms with Crippen LogP contribution in [-0.4, -0.2) is 49.9 Å². The zero-order valence-electron chi connectivity index (χ0n) is 14.9. The summed E-state index contributed by atoms with van der Waals surface area (Å²) < 4.78 is 9.86. The molecule has 0 aliphatic rings. The number of carbonyl (C=O) groups is 2. The van der Waals surface area contributed by atoms with Gasteiger partial charge in [0.15, 0.2) is 0 Å². The van der Waals surface area contributed by atoms with Crippen molar-refractivity contribution in [1.29, 1.82) is 0 Å². The summed E-state index contributed by atoms with van der Waals surface area (Å²) in [5.41, 5.74) is 0. The average Bonchev–Trinajstić information content (AvgIpc) is 2.55. The van der Waals surface area contributed by atoms with E-state index in [9.17, 15) is 9.59 Å². The summed E-state index contributed by atoms with van der Waals surface area (Å²) in [5, 5.41) is 0.327. The maximum atomic E-state index is 12.3. The maximum absolute atomic E-state index is 12.3. The van der Waals surface area contributed by atoms with Gasteiger partial charge in [0.05, 0.1) is 14.2 Å². The van der Waals surface area contributed by atoms with Gasteiger partial charge in [-0.05, 0) is 37.7 Å². The number of ether oxygens (including phenoxy) is 2. The summed E-state index contributed by atoms with van der Waals surface area (Å²) in [5.74, 6) is -0.966. The molecule has 4 nitrogen and oxygen atoms in total. The molecule has 0 unspecified atom stereocenters. The highest BCUT2D eigenvalue weighted by atomic mass is 31.2. The van der Waals surface area contributed by atoms with E-state index in [1.54, 1.807) is 0 Å². The molecule has 0 rings (SSSR count). The van der Waals surface area contributed by atoms with Gasteiger partial charge in [-0.2, -0.15) is 0 Å². The van der Waals surface area contributed by atoms with Crippen LogP contribution in [0.1, 0.15) is 59.3 Å². The molecule has 0 radical (unpaired) electrons. The highest BCUT2D eigenvalue weighted by molar-refractivity contribution is 7.79. The molecule has 0 fully saturated rings. The lowest BCUT2D eigenvalue weighted by atomic mass is 10.4. The Morgan fingerprint density at radius 3 is 1.27 bits per heavy atom. The first kappa shape index (κ1) is 21.2. The second-order valence-electron chi connectivity index (χ2n) is 5.71. The van der Waals surface area contributed by atoms with Gasteiger partial charge in [0, 0.05) is 0 Å². The van der Waals surface area contributed by atoms with Crippen molar-refractivity contribution in [2.75, 3.05) is 32.7 Å². The SMILES string of the molecule is CCCCP(CCCC)(CCCC)=C(C(=O)OC)C(=O)OC. The molecular formula is C17H33O4P. The Balaban J connectivity index is 6.07. The molecule has 0 bridgehead atoms. The molecule has 22 heavy (non-hydrogen) atoms. The first-order valence-corrected chi connectivity index (χ1v) is 10.8. The van der Waals surface area contributed by atoms with E-state index in [0.717, 1.165) is 57.0 Å². The molecular weight excluding hydrogens is 299 g/mol. The molecule has 0 saturated carbocycles. The fourth-order valence-corrected chi connectivity index (χ4v) is 7.78. The molecule has 0 aromatic carbocycles. The van der Waals surface area contributed by atoms with Crippen LogP contribution in [0.5, 0.6) is 0 Å². The molecule has 0 aromatic heterocycles. The van der Waals surface area contributed by atoms with Crippen molar-refractivity contribution < 1.29 is 19.1 Å². The quantitative estimate of drug-likeness (QED) is 0.327. The van der Waals surface area contributed by atoms with Gasteiger partial charge < -0.3 is 9.47 Å². The van der Waals surface area contributed by atoms with Crippen molar-refractivity contribution in [3.8, 4) is 0 Å². The second-order valence-corrected chi connectivity index (χ2v) is 9.79. The van der Waals surface area contributed by atoms with E-state index in [1.165, 1.54) is 14.2 Å². The normalized spacial score (nSPS) is 11.1. The van der Waals surface area contributed by atoms with Crippen molar-refractivity contribution in [3.63, 3.8) is 0 Å². The van der Waals surface area contributed by atoms with Gasteiger partial charge >= 0.3 is 11.9 Å². The predicted molar refractivity (Wildman–Crippen MR) is 95.3 cm³/mol. The zero-order chi connectivity index (χ0) is 17.0. The summed E-state index contributed by atoms with van der Waals surface area (Å²) >= 11 is 0. The summed E-state index contributed by atoms with van der Waals surface area (Å²) in [6.45, 7) is 4.60. The van der Waals surface area contributed by atoms with Crippen LogP contribution in [0.15, 0.2) is 0 Å². The van der Waals surface area contributed by atoms with E-state index in [1.807, 2.05) is 0 Å². The highest BCUT2D eigenvalue weighted by Gasteiger charge is 2.32. The van der Waals surface area contributed by atoms with Gasteiger partial charge in [-0.1, -0.05) is 46.9 Å². The van der Waals surface area contributed by atoms with E-state index in [4.69, 9.17) is 9.47 Å². The van der Waals surface area contributed by atoms with E-state index >= 15 is 0 Å². The number of unbranched alkanes of at least 4 members (excludes halogenated alkanes) is 3. The van der Waals surface area contributed by atoms with Gasteiger partial charge in [0.25, 0.3) is 0 Å². The van der Waals surface area contributed by atoms with Gasteiger partial charge in [0.1, 0.15) is 5.29 Å². The minimum atomic E-state index is -1.83. The fourth-order valence-electron chi connectivity index (χ4n) is 2.72. The van der Waals surface area contributed by atoms with Gasteiger partial charge in [-0.15, -0.1) is 0 Å². The van der Waals surface area contributed by atoms with Gasteiger partial charge in [-0.25, -0.2) is 9.59 Å². The van der Waals surface area contributed by atoms with Crippen molar-refractivity contribution in [1.82, 2.24) is 0 Å². The Morgan fingerprint density at radius 1 is 0.727 bits per heavy atom. The number of methoxy groups -OCH3 is 2. The third kappa shape index (κ3) is 6.16. The Labute approximate surface area is 135 Å². The van der Waals surface area contributed by atoms with Crippen LogP contribution in [-0.2, 0) is 19.1 Å². The van der Waals surface area contributed by atoms with Crippen molar-refractivity contribution >= 4 is 24.1 Å². The largest absolute Gasteiger partial charge is 0.465 e. The summed E-state index contributed by atoms with van der Waals surface area (Å²) in [6.07, 6.45) is 9.16. The van der Waals surface area contributed by atoms with Crippen LogP contribution in [0.2, 0.25) is 0 Å². The topological polar surface area (TPSA) is 52.6 Å². The van der Waals surface area contributed by atoms with Gasteiger partial charge in [0.2, 0.25) is 0 Å². The number of rotatable bonds is 11. The molecule has 130 valence electrons. The lowest BCUT2D eigenvalue weighted by Gasteiger charge is -2.29. The molecule has 0 aromatic rings. The Kier molecular flexibility index (Phi) is 11.4. The molecule has 0 amide bonds. The fraction of sp³-hybridized carbons (Fsp3) is 0.824. The smallest absolute Gasteiger partial charge is 0.345 e. The lowest BCUT2D eigenvalue weighted by molar-refractivity contribution is -0.137. The minimum absolute atomic E-state index is 0.327. The number of hydrogen-bond donors (Lipinski definition) is 0. The van der Waals surface area contributed by atoms with Crippen molar-refractivity contribution in [2.45, 2.75) is 59.3 Å². The monoisotopic (exact) mass is 332 g/mol. The summed E-state index contributed by atoms with van der Waals surface area (Å²) in [6, 6.07) is 0. The standard InChI is InChI=1S/C17H33O4P/c1-6-9-12-22(13-10-7-2,14-11-8-3)15(16(18)20-4)17(19)21-5/h6-14H2,1-5H3. The first-order valence-electron chi connectivity index (χ1n) is 8.43. The lowest BCUT2D eigenvalue weighted by Crippen LogP contribution is -2.30. The molecule has 5 heteroatoms. The Hall–Kier alpha value is -0.760. The third-order valence-electron chi connectivity index (χ3n) is 4.05. The molecule has 0 heterocycles. The molecule has 0 aliphatic carbocycles. The number of esters is 2. The highest BCUT2D eigenvalue weighted by Crippen LogP contribution is 2.52. The summed E-state index contributed by atoms with van der Waals surface area (Å²) in [4.78, 5) is 24.6. The van der Waals surface area contributed by atoms with E-state index in [0.29, 0.717) is 5.29 Å². The van der Waals surface area contributed by atoms with Crippen LogP contribution in [0.25, 0.3) is 0 Å². The van der Waals surface area contributed by atoms with Crippen molar-refractivity contribution in [3.05, 3.63) is 0 Å². The number of carbonyl (C=O) groups excluding carboxylic acids is 2. The zero-order valence-corrected chi connectivity index (χ0v) is 15.8. The van der Waals surface area contributed by atoms with Crippen LogP contribution in [0.3, 0.4) is 0 Å². The van der Waals surface area contributed by atoms with E-state index < -0.39 is 18.8 Å². The van der Waals surface area contributed by atoms with Crippen LogP contribution >= 0.6 is 6.89 Å². The van der Waals surface area contributed by atoms with E-state index in [-0.39, 0.29) is 0 Å². The van der Waals surface area contributed by atoms with Crippen LogP contribution < -0.4 is 0 Å². The molecule has 0 saturated heterocycles. The number of hydrogen-bond acceptors (Lipinski definition) is 4. The van der Waals surface area contributed by atoms with Crippen LogP contribution in [0, 0.1) is 0 Å². The predicted octanol–water partition coefficient (Wildman–Crippen LogP) is 3.92. The average molecular weight is 332 g/mol. The maximum Gasteiger partial charge on any atom is 0.345 e. The molecule has 0 N–H and O–H groups in total. The third-order valence-corrected chi connectivity index (χ3v) is 8.88. The Morgan fingerprint density at radius 2 is 1.05 bits per heavy atom. The van der Waals surface area contributed by atoms with Gasteiger partial charge in [-0.3, -0.25) is 0 Å².